The highest BCUT2D eigenvalue weighted by Crippen LogP contribution is 2.26. The largest absolute Gasteiger partial charge is 0.310 e. The summed E-state index contributed by atoms with van der Waals surface area (Å²) in [5.74, 6) is -1.71. The first-order chi connectivity index (χ1) is 9.97. The zero-order valence-electron chi connectivity index (χ0n) is 11.5. The second-order valence-electron chi connectivity index (χ2n) is 5.74. The third-order valence-electron chi connectivity index (χ3n) is 4.01. The number of halogens is 2. The van der Waals surface area contributed by atoms with Gasteiger partial charge in [-0.2, -0.15) is 0 Å². The van der Waals surface area contributed by atoms with Gasteiger partial charge in [0.25, 0.3) is 0 Å². The van der Waals surface area contributed by atoms with Crippen LogP contribution >= 0.6 is 0 Å². The summed E-state index contributed by atoms with van der Waals surface area (Å²) in [5, 5.41) is 3.00. The van der Waals surface area contributed by atoms with E-state index in [0.717, 1.165) is 44.2 Å². The molecule has 7 heteroatoms. The van der Waals surface area contributed by atoms with Crippen molar-refractivity contribution in [2.75, 3.05) is 0 Å². The van der Waals surface area contributed by atoms with Gasteiger partial charge in [-0.15, -0.1) is 0 Å². The number of hydrogen-bond donors (Lipinski definition) is 2. The van der Waals surface area contributed by atoms with E-state index in [0.29, 0.717) is 0 Å². The lowest BCUT2D eigenvalue weighted by Crippen LogP contribution is -2.39. The van der Waals surface area contributed by atoms with E-state index in [1.54, 1.807) is 0 Å². The minimum atomic E-state index is -3.93. The maximum Gasteiger partial charge on any atom is 0.243 e. The van der Waals surface area contributed by atoms with Crippen LogP contribution in [0.5, 0.6) is 0 Å². The van der Waals surface area contributed by atoms with E-state index in [2.05, 4.69) is 10.0 Å². The molecule has 0 atom stereocenters. The SMILES string of the molecule is O=S(=O)(NC1CCC1)c1ccc(F)c(CNC2CC2)c1F. The fourth-order valence-electron chi connectivity index (χ4n) is 2.29. The standard InChI is InChI=1S/C14H18F2N2O2S/c15-12-6-7-13(21(19,20)18-10-2-1-3-10)14(16)11(12)8-17-9-4-5-9/h6-7,9-10,17-18H,1-5,8H2. The smallest absolute Gasteiger partial charge is 0.243 e. The molecule has 2 aliphatic rings. The molecule has 116 valence electrons. The molecule has 2 fully saturated rings. The van der Waals surface area contributed by atoms with Crippen molar-refractivity contribution in [1.82, 2.24) is 10.0 Å². The monoisotopic (exact) mass is 316 g/mol. The second-order valence-corrected chi connectivity index (χ2v) is 7.42. The molecule has 0 saturated heterocycles. The van der Waals surface area contributed by atoms with E-state index in [1.807, 2.05) is 0 Å². The van der Waals surface area contributed by atoms with Gasteiger partial charge in [-0.05, 0) is 37.8 Å². The summed E-state index contributed by atoms with van der Waals surface area (Å²) in [6.07, 6.45) is 4.47. The molecular formula is C14H18F2N2O2S. The van der Waals surface area contributed by atoms with Crippen LogP contribution in [0.15, 0.2) is 17.0 Å². The Balaban J connectivity index is 1.84. The van der Waals surface area contributed by atoms with Gasteiger partial charge in [0.15, 0.2) is 5.82 Å². The van der Waals surface area contributed by atoms with Gasteiger partial charge in [-0.1, -0.05) is 6.42 Å². The predicted molar refractivity (Wildman–Crippen MR) is 74.2 cm³/mol. The second kappa shape index (κ2) is 5.62. The summed E-state index contributed by atoms with van der Waals surface area (Å²) in [6, 6.07) is 2.17. The van der Waals surface area contributed by atoms with Crippen LogP contribution in [-0.2, 0) is 16.6 Å². The number of benzene rings is 1. The fraction of sp³-hybridized carbons (Fsp3) is 0.571. The molecule has 0 aromatic heterocycles. The number of hydrogen-bond acceptors (Lipinski definition) is 3. The number of sulfonamides is 1. The summed E-state index contributed by atoms with van der Waals surface area (Å²) in [5.41, 5.74) is -0.210. The van der Waals surface area contributed by atoms with Crippen LogP contribution in [0.4, 0.5) is 8.78 Å². The fourth-order valence-corrected chi connectivity index (χ4v) is 3.70. The van der Waals surface area contributed by atoms with Crippen LogP contribution in [0.1, 0.15) is 37.7 Å². The van der Waals surface area contributed by atoms with E-state index >= 15 is 0 Å². The molecule has 0 spiro atoms. The summed E-state index contributed by atoms with van der Waals surface area (Å²) in [4.78, 5) is -0.469. The molecule has 2 aliphatic carbocycles. The van der Waals surface area contributed by atoms with Gasteiger partial charge < -0.3 is 5.32 Å². The van der Waals surface area contributed by atoms with Crippen LogP contribution in [0.3, 0.4) is 0 Å². The third kappa shape index (κ3) is 3.25. The van der Waals surface area contributed by atoms with Crippen LogP contribution in [0.2, 0.25) is 0 Å². The van der Waals surface area contributed by atoms with Crippen molar-refractivity contribution in [3.63, 3.8) is 0 Å². The summed E-state index contributed by atoms with van der Waals surface area (Å²) >= 11 is 0. The molecule has 0 amide bonds. The molecule has 0 heterocycles. The van der Waals surface area contributed by atoms with Crippen molar-refractivity contribution in [2.45, 2.75) is 55.6 Å². The Labute approximate surface area is 123 Å². The lowest BCUT2D eigenvalue weighted by atomic mass is 9.94. The highest BCUT2D eigenvalue weighted by Gasteiger charge is 2.29. The van der Waals surface area contributed by atoms with E-state index in [4.69, 9.17) is 0 Å². The van der Waals surface area contributed by atoms with E-state index in [1.165, 1.54) is 0 Å². The first kappa shape index (κ1) is 14.9. The Morgan fingerprint density at radius 2 is 1.81 bits per heavy atom. The molecule has 1 aromatic rings. The Bertz CT molecular complexity index is 641. The molecule has 4 nitrogen and oxygen atoms in total. The van der Waals surface area contributed by atoms with E-state index in [-0.39, 0.29) is 24.2 Å². The van der Waals surface area contributed by atoms with Crippen molar-refractivity contribution in [3.05, 3.63) is 29.3 Å². The molecule has 0 radical (unpaired) electrons. The van der Waals surface area contributed by atoms with Gasteiger partial charge in [-0.25, -0.2) is 21.9 Å². The van der Waals surface area contributed by atoms with Crippen LogP contribution < -0.4 is 10.0 Å². The van der Waals surface area contributed by atoms with E-state index < -0.39 is 26.6 Å². The summed E-state index contributed by atoms with van der Waals surface area (Å²) < 4.78 is 54.9. The Kier molecular flexibility index (Phi) is 3.98. The first-order valence-corrected chi connectivity index (χ1v) is 8.68. The maximum absolute atomic E-state index is 14.4. The lowest BCUT2D eigenvalue weighted by molar-refractivity contribution is 0.382. The van der Waals surface area contributed by atoms with Crippen molar-refractivity contribution in [1.29, 1.82) is 0 Å². The maximum atomic E-state index is 14.4. The Morgan fingerprint density at radius 3 is 2.38 bits per heavy atom. The molecule has 2 N–H and O–H groups in total. The van der Waals surface area contributed by atoms with Crippen molar-refractivity contribution in [2.24, 2.45) is 0 Å². The first-order valence-electron chi connectivity index (χ1n) is 7.20. The average molecular weight is 316 g/mol. The minimum absolute atomic E-state index is 0.00905. The van der Waals surface area contributed by atoms with Gasteiger partial charge in [0.05, 0.1) is 0 Å². The van der Waals surface area contributed by atoms with Gasteiger partial charge in [0, 0.05) is 24.2 Å². The zero-order chi connectivity index (χ0) is 15.0. The lowest BCUT2D eigenvalue weighted by Gasteiger charge is -2.26. The summed E-state index contributed by atoms with van der Waals surface area (Å²) in [6.45, 7) is 0.00905. The molecule has 0 bridgehead atoms. The third-order valence-corrected chi connectivity index (χ3v) is 5.55. The average Bonchev–Trinajstić information content (AvgIpc) is 3.17. The summed E-state index contributed by atoms with van der Waals surface area (Å²) in [7, 11) is -3.93. The van der Waals surface area contributed by atoms with Crippen LogP contribution in [0.25, 0.3) is 0 Å². The zero-order valence-corrected chi connectivity index (χ0v) is 12.3. The minimum Gasteiger partial charge on any atom is -0.310 e. The molecular weight excluding hydrogens is 298 g/mol. The molecule has 0 unspecified atom stereocenters. The Hall–Kier alpha value is -1.05. The Morgan fingerprint density at radius 1 is 1.10 bits per heavy atom. The van der Waals surface area contributed by atoms with Gasteiger partial charge in [0.2, 0.25) is 10.0 Å². The normalized spacial score (nSPS) is 19.5. The van der Waals surface area contributed by atoms with Crippen molar-refractivity contribution >= 4 is 10.0 Å². The van der Waals surface area contributed by atoms with Crippen LogP contribution in [0, 0.1) is 11.6 Å². The quantitative estimate of drug-likeness (QED) is 0.844. The van der Waals surface area contributed by atoms with Crippen molar-refractivity contribution in [3.8, 4) is 0 Å². The predicted octanol–water partition coefficient (Wildman–Crippen LogP) is 2.05. The molecule has 0 aliphatic heterocycles. The molecule has 2 saturated carbocycles. The van der Waals surface area contributed by atoms with Gasteiger partial charge >= 0.3 is 0 Å². The molecule has 1 aromatic carbocycles. The van der Waals surface area contributed by atoms with Crippen LogP contribution in [-0.4, -0.2) is 20.5 Å². The molecule has 3 rings (SSSR count). The number of nitrogens with one attached hydrogen (secondary N) is 2. The topological polar surface area (TPSA) is 58.2 Å². The number of rotatable bonds is 6. The highest BCUT2D eigenvalue weighted by atomic mass is 32.2. The van der Waals surface area contributed by atoms with Crippen molar-refractivity contribution < 1.29 is 17.2 Å². The van der Waals surface area contributed by atoms with E-state index in [9.17, 15) is 17.2 Å². The highest BCUT2D eigenvalue weighted by molar-refractivity contribution is 7.89. The van der Waals surface area contributed by atoms with Gasteiger partial charge in [0.1, 0.15) is 10.7 Å². The van der Waals surface area contributed by atoms with Gasteiger partial charge in [-0.3, -0.25) is 0 Å². The molecule has 21 heavy (non-hydrogen) atoms.